The Morgan fingerprint density at radius 1 is 1.10 bits per heavy atom. The summed E-state index contributed by atoms with van der Waals surface area (Å²) in [5.74, 6) is -0.317. The molecule has 2 aliphatic rings. The predicted octanol–water partition coefficient (Wildman–Crippen LogP) is 2.73. The van der Waals surface area contributed by atoms with E-state index < -0.39 is 11.5 Å². The number of likely N-dealkylation sites (tertiary alicyclic amines) is 1. The van der Waals surface area contributed by atoms with Crippen LogP contribution in [0.2, 0.25) is 0 Å². The summed E-state index contributed by atoms with van der Waals surface area (Å²) in [6, 6.07) is 8.16. The molecule has 1 aromatic carbocycles. The molecule has 0 N–H and O–H groups in total. The van der Waals surface area contributed by atoms with Gasteiger partial charge in [-0.2, -0.15) is 0 Å². The Morgan fingerprint density at radius 2 is 1.83 bits per heavy atom. The number of benzene rings is 1. The number of aromatic nitrogens is 2. The van der Waals surface area contributed by atoms with E-state index >= 15 is 0 Å². The number of rotatable bonds is 4. The molecule has 2 aliphatic heterocycles. The highest BCUT2D eigenvalue weighted by Crippen LogP contribution is 2.40. The number of hydrogen-bond donors (Lipinski definition) is 0. The van der Waals surface area contributed by atoms with E-state index in [1.54, 1.807) is 6.20 Å². The van der Waals surface area contributed by atoms with Crippen LogP contribution in [0.25, 0.3) is 0 Å². The topological polar surface area (TPSA) is 75.6 Å². The van der Waals surface area contributed by atoms with E-state index in [1.165, 1.54) is 18.9 Å². The van der Waals surface area contributed by atoms with Gasteiger partial charge in [0.05, 0.1) is 25.2 Å². The number of methoxy groups -OCH3 is 1. The highest BCUT2D eigenvalue weighted by molar-refractivity contribution is 6.01. The number of hydrogen-bond acceptors (Lipinski definition) is 6. The summed E-state index contributed by atoms with van der Waals surface area (Å²) in [4.78, 5) is 37.9. The molecule has 3 heterocycles. The third-order valence-corrected chi connectivity index (χ3v) is 6.04. The molecule has 0 saturated carbocycles. The lowest BCUT2D eigenvalue weighted by Crippen LogP contribution is -2.60. The van der Waals surface area contributed by atoms with Crippen molar-refractivity contribution >= 4 is 17.6 Å². The molecule has 1 amide bonds. The molecule has 0 aliphatic carbocycles. The van der Waals surface area contributed by atoms with Crippen LogP contribution < -0.4 is 4.90 Å². The maximum Gasteiger partial charge on any atom is 0.358 e. The number of nitrogens with zero attached hydrogens (tertiary/aromatic N) is 4. The van der Waals surface area contributed by atoms with Crippen LogP contribution in [0.4, 0.5) is 5.69 Å². The van der Waals surface area contributed by atoms with Gasteiger partial charge in [-0.25, -0.2) is 9.78 Å². The fourth-order valence-corrected chi connectivity index (χ4v) is 4.49. The average molecular weight is 394 g/mol. The van der Waals surface area contributed by atoms with Gasteiger partial charge in [0.25, 0.3) is 0 Å². The van der Waals surface area contributed by atoms with Crippen LogP contribution in [-0.2, 0) is 16.1 Å². The highest BCUT2D eigenvalue weighted by atomic mass is 16.5. The third-order valence-electron chi connectivity index (χ3n) is 6.04. The summed E-state index contributed by atoms with van der Waals surface area (Å²) in [7, 11) is 1.32. The molecule has 1 spiro atoms. The van der Waals surface area contributed by atoms with Gasteiger partial charge in [0.15, 0.2) is 5.69 Å². The van der Waals surface area contributed by atoms with E-state index in [2.05, 4.69) is 38.7 Å². The van der Waals surface area contributed by atoms with Crippen LogP contribution in [0, 0.1) is 6.92 Å². The predicted molar refractivity (Wildman–Crippen MR) is 109 cm³/mol. The second-order valence-electron chi connectivity index (χ2n) is 7.84. The number of carbonyl (C=O) groups is 2. The summed E-state index contributed by atoms with van der Waals surface area (Å²) < 4.78 is 4.67. The smallest absolute Gasteiger partial charge is 0.358 e. The molecule has 4 rings (SSSR count). The quantitative estimate of drug-likeness (QED) is 0.743. The number of piperidine rings is 1. The lowest BCUT2D eigenvalue weighted by Gasteiger charge is -2.44. The average Bonchev–Trinajstić information content (AvgIpc) is 3.14. The molecule has 2 saturated heterocycles. The first-order valence-electron chi connectivity index (χ1n) is 10.1. The van der Waals surface area contributed by atoms with Gasteiger partial charge in [-0.15, -0.1) is 0 Å². The van der Waals surface area contributed by atoms with Crippen molar-refractivity contribution in [3.63, 3.8) is 0 Å². The number of esters is 1. The zero-order chi connectivity index (χ0) is 20.4. The monoisotopic (exact) mass is 394 g/mol. The summed E-state index contributed by atoms with van der Waals surface area (Å²) in [6.07, 6.45) is 6.72. The molecule has 0 radical (unpaired) electrons. The van der Waals surface area contributed by atoms with E-state index in [1.807, 2.05) is 17.0 Å². The molecule has 2 aromatic rings. The van der Waals surface area contributed by atoms with Gasteiger partial charge in [0, 0.05) is 18.8 Å². The Labute approximate surface area is 170 Å². The van der Waals surface area contributed by atoms with E-state index in [0.717, 1.165) is 50.2 Å². The molecule has 2 fully saturated rings. The Bertz CT molecular complexity index is 897. The van der Waals surface area contributed by atoms with Gasteiger partial charge < -0.3 is 9.64 Å². The highest BCUT2D eigenvalue weighted by Gasteiger charge is 2.51. The van der Waals surface area contributed by atoms with Crippen molar-refractivity contribution in [2.75, 3.05) is 25.1 Å². The first kappa shape index (κ1) is 19.5. The van der Waals surface area contributed by atoms with Crippen molar-refractivity contribution in [3.8, 4) is 0 Å². The molecule has 0 bridgehead atoms. The lowest BCUT2D eigenvalue weighted by atomic mass is 9.85. The van der Waals surface area contributed by atoms with Crippen LogP contribution in [-0.4, -0.2) is 52.5 Å². The Balaban J connectivity index is 1.55. The second-order valence-corrected chi connectivity index (χ2v) is 7.84. The molecule has 1 atom stereocenters. The van der Waals surface area contributed by atoms with E-state index in [-0.39, 0.29) is 11.6 Å². The van der Waals surface area contributed by atoms with Crippen LogP contribution in [0.15, 0.2) is 36.7 Å². The molecule has 152 valence electrons. The Hall–Kier alpha value is -2.80. The van der Waals surface area contributed by atoms with Gasteiger partial charge in [-0.05, 0) is 51.3 Å². The van der Waals surface area contributed by atoms with Crippen molar-refractivity contribution in [2.45, 2.75) is 44.7 Å². The third kappa shape index (κ3) is 3.62. The maximum atomic E-state index is 13.6. The summed E-state index contributed by atoms with van der Waals surface area (Å²) in [5, 5.41) is 0. The van der Waals surface area contributed by atoms with Crippen LogP contribution in [0.5, 0.6) is 0 Å². The molecular weight excluding hydrogens is 368 g/mol. The van der Waals surface area contributed by atoms with Crippen molar-refractivity contribution in [1.82, 2.24) is 14.9 Å². The minimum atomic E-state index is -0.502. The Morgan fingerprint density at radius 3 is 2.48 bits per heavy atom. The molecule has 29 heavy (non-hydrogen) atoms. The van der Waals surface area contributed by atoms with Gasteiger partial charge in [0.1, 0.15) is 5.54 Å². The number of anilines is 1. The van der Waals surface area contributed by atoms with Crippen molar-refractivity contribution in [1.29, 1.82) is 0 Å². The molecule has 7 heteroatoms. The number of aryl methyl sites for hydroxylation is 1. The van der Waals surface area contributed by atoms with Gasteiger partial charge in [0.2, 0.25) is 5.91 Å². The minimum absolute atomic E-state index is 0.184. The molecule has 1 unspecified atom stereocenters. The summed E-state index contributed by atoms with van der Waals surface area (Å²) in [6.45, 7) is 4.20. The van der Waals surface area contributed by atoms with Crippen molar-refractivity contribution in [3.05, 3.63) is 53.6 Å². The second kappa shape index (κ2) is 7.91. The van der Waals surface area contributed by atoms with Gasteiger partial charge in [-0.3, -0.25) is 14.7 Å². The lowest BCUT2D eigenvalue weighted by molar-refractivity contribution is -0.131. The standard InChI is InChI=1S/C22H26N4O3/c1-16-5-7-18(8-6-16)26-12-4-10-22(21(26)28)9-3-11-25(22)15-17-13-24-19(14-23-17)20(27)29-2/h5-8,13-14H,3-4,9-12,15H2,1-2H3. The summed E-state index contributed by atoms with van der Waals surface area (Å²) in [5.41, 5.74) is 2.61. The molecular formula is C22H26N4O3. The fraction of sp³-hybridized carbons (Fsp3) is 0.455. The first-order chi connectivity index (χ1) is 14.0. The Kier molecular flexibility index (Phi) is 5.32. The van der Waals surface area contributed by atoms with Crippen molar-refractivity contribution in [2.24, 2.45) is 0 Å². The zero-order valence-electron chi connectivity index (χ0n) is 16.9. The zero-order valence-corrected chi connectivity index (χ0v) is 16.9. The SMILES string of the molecule is COC(=O)c1cnc(CN2CCCC23CCCN(c2ccc(C)cc2)C3=O)cn1. The molecule has 7 nitrogen and oxygen atoms in total. The molecule has 1 aromatic heterocycles. The van der Waals surface area contributed by atoms with Crippen LogP contribution in [0.1, 0.15) is 47.4 Å². The van der Waals surface area contributed by atoms with E-state index in [4.69, 9.17) is 0 Å². The first-order valence-corrected chi connectivity index (χ1v) is 10.1. The fourth-order valence-electron chi connectivity index (χ4n) is 4.49. The minimum Gasteiger partial charge on any atom is -0.464 e. The normalized spacial score (nSPS) is 22.3. The van der Waals surface area contributed by atoms with E-state index in [0.29, 0.717) is 6.54 Å². The largest absolute Gasteiger partial charge is 0.464 e. The van der Waals surface area contributed by atoms with Crippen molar-refractivity contribution < 1.29 is 14.3 Å². The maximum absolute atomic E-state index is 13.6. The van der Waals surface area contributed by atoms with Gasteiger partial charge >= 0.3 is 5.97 Å². The van der Waals surface area contributed by atoms with E-state index in [9.17, 15) is 9.59 Å². The number of carbonyl (C=O) groups excluding carboxylic acids is 2. The summed E-state index contributed by atoms with van der Waals surface area (Å²) >= 11 is 0. The van der Waals surface area contributed by atoms with Gasteiger partial charge in [-0.1, -0.05) is 17.7 Å². The van der Waals surface area contributed by atoms with Crippen LogP contribution >= 0.6 is 0 Å². The number of amides is 1. The van der Waals surface area contributed by atoms with Crippen LogP contribution in [0.3, 0.4) is 0 Å². The number of ether oxygens (including phenoxy) is 1.